The van der Waals surface area contributed by atoms with Gasteiger partial charge in [-0.25, -0.2) is 0 Å². The van der Waals surface area contributed by atoms with Crippen molar-refractivity contribution < 1.29 is 28.6 Å². The van der Waals surface area contributed by atoms with Gasteiger partial charge in [0.1, 0.15) is 13.2 Å². The van der Waals surface area contributed by atoms with Gasteiger partial charge in [-0.1, -0.05) is 209 Å². The average molecular weight is 865 g/mol. The van der Waals surface area contributed by atoms with Gasteiger partial charge in [-0.3, -0.25) is 14.4 Å². The SMILES string of the molecule is CC/C=C\C/C=C\C/C=C\C/C=C\CCCCCCCCC(=O)OCC(COC(=O)CCCCCCCC)OC(=O)CCCCCCCCCCC/C=C\C/C=C\CCCCC. The molecular formula is C56H96O6. The van der Waals surface area contributed by atoms with Crippen molar-refractivity contribution in [3.8, 4) is 0 Å². The lowest BCUT2D eigenvalue weighted by Crippen LogP contribution is -2.30. The number of rotatable bonds is 46. The highest BCUT2D eigenvalue weighted by Crippen LogP contribution is 2.14. The molecular weight excluding hydrogens is 769 g/mol. The molecule has 62 heavy (non-hydrogen) atoms. The molecule has 356 valence electrons. The van der Waals surface area contributed by atoms with Gasteiger partial charge in [0.2, 0.25) is 0 Å². The van der Waals surface area contributed by atoms with Crippen molar-refractivity contribution >= 4 is 17.9 Å². The Hall–Kier alpha value is -3.15. The molecule has 0 aliphatic rings. The van der Waals surface area contributed by atoms with Crippen LogP contribution in [0.4, 0.5) is 0 Å². The summed E-state index contributed by atoms with van der Waals surface area (Å²) in [5.74, 6) is -0.909. The normalized spacial score (nSPS) is 12.6. The predicted octanol–water partition coefficient (Wildman–Crippen LogP) is 17.0. The van der Waals surface area contributed by atoms with Gasteiger partial charge < -0.3 is 14.2 Å². The third-order valence-corrected chi connectivity index (χ3v) is 10.9. The summed E-state index contributed by atoms with van der Waals surface area (Å²) < 4.78 is 16.7. The molecule has 0 aliphatic heterocycles. The molecule has 0 aromatic rings. The first kappa shape index (κ1) is 58.9. The van der Waals surface area contributed by atoms with Crippen LogP contribution in [0.15, 0.2) is 72.9 Å². The highest BCUT2D eigenvalue weighted by molar-refractivity contribution is 5.71. The van der Waals surface area contributed by atoms with Crippen LogP contribution < -0.4 is 0 Å². The van der Waals surface area contributed by atoms with Crippen LogP contribution in [-0.4, -0.2) is 37.2 Å². The van der Waals surface area contributed by atoms with Crippen LogP contribution in [0.2, 0.25) is 0 Å². The van der Waals surface area contributed by atoms with Crippen molar-refractivity contribution in [2.75, 3.05) is 13.2 Å². The zero-order valence-electron chi connectivity index (χ0n) is 40.6. The second kappa shape index (κ2) is 50.5. The minimum Gasteiger partial charge on any atom is -0.462 e. The fourth-order valence-corrected chi connectivity index (χ4v) is 7.05. The van der Waals surface area contributed by atoms with E-state index in [1.807, 2.05) is 0 Å². The van der Waals surface area contributed by atoms with Crippen molar-refractivity contribution in [2.24, 2.45) is 0 Å². The topological polar surface area (TPSA) is 78.9 Å². The maximum absolute atomic E-state index is 12.8. The quantitative estimate of drug-likeness (QED) is 0.0262. The van der Waals surface area contributed by atoms with Crippen molar-refractivity contribution in [2.45, 2.75) is 252 Å². The fraction of sp³-hybridized carbons (Fsp3) is 0.732. The average Bonchev–Trinajstić information content (AvgIpc) is 3.27. The van der Waals surface area contributed by atoms with Gasteiger partial charge in [0.25, 0.3) is 0 Å². The summed E-state index contributed by atoms with van der Waals surface area (Å²) in [6, 6.07) is 0. The van der Waals surface area contributed by atoms with E-state index in [9.17, 15) is 14.4 Å². The molecule has 0 heterocycles. The standard InChI is InChI=1S/C56H96O6/c1-4-7-10-13-16-18-20-22-24-26-28-30-32-34-36-38-40-43-46-49-55(58)61-52-53(51-60-54(57)48-45-42-15-12-9-6-3)62-56(59)50-47-44-41-39-37-35-33-31-29-27-25-23-21-19-17-14-11-8-5-2/h7,10,16-19,22-25,28,30,53H,4-6,8-9,11-15,20-21,26-27,29,31-52H2,1-3H3/b10-7-,18-16-,19-17-,24-22-,25-23-,30-28-. The first-order valence-corrected chi connectivity index (χ1v) is 25.9. The molecule has 0 bridgehead atoms. The number of carbonyl (C=O) groups excluding carboxylic acids is 3. The van der Waals surface area contributed by atoms with Gasteiger partial charge >= 0.3 is 17.9 Å². The Bertz CT molecular complexity index is 1180. The summed E-state index contributed by atoms with van der Waals surface area (Å²) >= 11 is 0. The molecule has 0 fully saturated rings. The lowest BCUT2D eigenvalue weighted by molar-refractivity contribution is -0.167. The van der Waals surface area contributed by atoms with Crippen molar-refractivity contribution in [1.29, 1.82) is 0 Å². The van der Waals surface area contributed by atoms with Crippen LogP contribution in [0.3, 0.4) is 0 Å². The highest BCUT2D eigenvalue weighted by Gasteiger charge is 2.19. The van der Waals surface area contributed by atoms with Crippen LogP contribution >= 0.6 is 0 Å². The largest absolute Gasteiger partial charge is 0.462 e. The zero-order chi connectivity index (χ0) is 45.1. The number of hydrogen-bond donors (Lipinski definition) is 0. The van der Waals surface area contributed by atoms with Crippen LogP contribution in [-0.2, 0) is 28.6 Å². The van der Waals surface area contributed by atoms with Crippen LogP contribution in [0.1, 0.15) is 245 Å². The van der Waals surface area contributed by atoms with Gasteiger partial charge in [-0.15, -0.1) is 0 Å². The first-order chi connectivity index (χ1) is 30.5. The van der Waals surface area contributed by atoms with E-state index in [0.717, 1.165) is 96.3 Å². The third kappa shape index (κ3) is 47.9. The van der Waals surface area contributed by atoms with Gasteiger partial charge in [-0.05, 0) is 89.9 Å². The molecule has 0 saturated carbocycles. The van der Waals surface area contributed by atoms with E-state index in [4.69, 9.17) is 14.2 Å². The molecule has 6 heteroatoms. The number of hydrogen-bond acceptors (Lipinski definition) is 6. The maximum Gasteiger partial charge on any atom is 0.306 e. The van der Waals surface area contributed by atoms with Gasteiger partial charge in [0.05, 0.1) is 0 Å². The summed E-state index contributed by atoms with van der Waals surface area (Å²) in [6.45, 7) is 6.43. The molecule has 6 nitrogen and oxygen atoms in total. The van der Waals surface area contributed by atoms with Crippen molar-refractivity contribution in [1.82, 2.24) is 0 Å². The number of unbranched alkanes of at least 4 members (excludes halogenated alkanes) is 23. The van der Waals surface area contributed by atoms with E-state index >= 15 is 0 Å². The molecule has 0 amide bonds. The Morgan fingerprint density at radius 3 is 1.02 bits per heavy atom. The molecule has 0 aromatic heterocycles. The second-order valence-electron chi connectivity index (χ2n) is 17.1. The van der Waals surface area contributed by atoms with Crippen LogP contribution in [0.25, 0.3) is 0 Å². The Morgan fingerprint density at radius 1 is 0.339 bits per heavy atom. The minimum absolute atomic E-state index is 0.0819. The van der Waals surface area contributed by atoms with Crippen molar-refractivity contribution in [3.63, 3.8) is 0 Å². The Balaban J connectivity index is 4.24. The lowest BCUT2D eigenvalue weighted by atomic mass is 10.1. The lowest BCUT2D eigenvalue weighted by Gasteiger charge is -2.18. The zero-order valence-corrected chi connectivity index (χ0v) is 40.6. The fourth-order valence-electron chi connectivity index (χ4n) is 7.05. The molecule has 0 aromatic carbocycles. The molecule has 1 atom stereocenters. The third-order valence-electron chi connectivity index (χ3n) is 10.9. The smallest absolute Gasteiger partial charge is 0.306 e. The number of allylic oxidation sites excluding steroid dienone is 12. The number of carbonyl (C=O) groups is 3. The van der Waals surface area contributed by atoms with E-state index in [0.29, 0.717) is 19.3 Å². The van der Waals surface area contributed by atoms with Gasteiger partial charge in [-0.2, -0.15) is 0 Å². The van der Waals surface area contributed by atoms with Crippen LogP contribution in [0, 0.1) is 0 Å². The Morgan fingerprint density at radius 2 is 0.629 bits per heavy atom. The van der Waals surface area contributed by atoms with E-state index in [1.165, 1.54) is 109 Å². The van der Waals surface area contributed by atoms with E-state index in [-0.39, 0.29) is 31.1 Å². The summed E-state index contributed by atoms with van der Waals surface area (Å²) in [7, 11) is 0. The highest BCUT2D eigenvalue weighted by atomic mass is 16.6. The van der Waals surface area contributed by atoms with E-state index in [2.05, 4.69) is 93.7 Å². The van der Waals surface area contributed by atoms with Crippen molar-refractivity contribution in [3.05, 3.63) is 72.9 Å². The summed E-state index contributed by atoms with van der Waals surface area (Å²) in [4.78, 5) is 37.8. The van der Waals surface area contributed by atoms with E-state index < -0.39 is 6.10 Å². The van der Waals surface area contributed by atoms with Crippen LogP contribution in [0.5, 0.6) is 0 Å². The number of esters is 3. The molecule has 0 rings (SSSR count). The molecule has 1 unspecified atom stereocenters. The molecule has 0 saturated heterocycles. The predicted molar refractivity (Wildman–Crippen MR) is 265 cm³/mol. The van der Waals surface area contributed by atoms with Gasteiger partial charge in [0, 0.05) is 19.3 Å². The summed E-state index contributed by atoms with van der Waals surface area (Å²) in [6.07, 6.45) is 63.3. The molecule has 0 aliphatic carbocycles. The second-order valence-corrected chi connectivity index (χ2v) is 17.1. The molecule has 0 radical (unpaired) electrons. The minimum atomic E-state index is -0.780. The summed E-state index contributed by atoms with van der Waals surface area (Å²) in [5, 5.41) is 0. The summed E-state index contributed by atoms with van der Waals surface area (Å²) in [5.41, 5.74) is 0. The molecule has 0 spiro atoms. The Labute approximate surface area is 382 Å². The monoisotopic (exact) mass is 865 g/mol. The maximum atomic E-state index is 12.8. The molecule has 0 N–H and O–H groups in total. The van der Waals surface area contributed by atoms with Gasteiger partial charge in [0.15, 0.2) is 6.10 Å². The number of ether oxygens (including phenoxy) is 3. The van der Waals surface area contributed by atoms with E-state index in [1.54, 1.807) is 0 Å². The Kier molecular flexibility index (Phi) is 47.9. The first-order valence-electron chi connectivity index (χ1n) is 25.9.